The zero-order valence-corrected chi connectivity index (χ0v) is 7.09. The Morgan fingerprint density at radius 2 is 2.27 bits per heavy atom. The maximum absolute atomic E-state index is 6.88. The molecule has 0 fully saturated rings. The zero-order valence-electron chi connectivity index (χ0n) is 7.09. The van der Waals surface area contributed by atoms with Gasteiger partial charge in [0.15, 0.2) is 0 Å². The molecule has 0 radical (unpaired) electrons. The highest BCUT2D eigenvalue weighted by Gasteiger charge is 2.01. The fourth-order valence-electron chi connectivity index (χ4n) is 0.564. The monoisotopic (exact) mass is 160 g/mol. The summed E-state index contributed by atoms with van der Waals surface area (Å²) in [5.41, 5.74) is 5.09. The van der Waals surface area contributed by atoms with Crippen LogP contribution in [-0.4, -0.2) is 31.8 Å². The van der Waals surface area contributed by atoms with Crippen LogP contribution in [0.1, 0.15) is 13.8 Å². The van der Waals surface area contributed by atoms with Crippen LogP contribution in [0.5, 0.6) is 0 Å². The van der Waals surface area contributed by atoms with Crippen LogP contribution in [0, 0.1) is 5.41 Å². The van der Waals surface area contributed by atoms with Crippen molar-refractivity contribution in [3.8, 4) is 0 Å². The molecular weight excluding hydrogens is 144 g/mol. The third-order valence-corrected chi connectivity index (χ3v) is 1.08. The van der Waals surface area contributed by atoms with E-state index in [4.69, 9.17) is 20.6 Å². The molecule has 0 bridgehead atoms. The standard InChI is InChI=1S/C7H16N2O2/c1-3-10-4-6(2)11-5-7(8)9/h6H,3-5H2,1-2H3,(H3,8,9). The molecule has 0 heterocycles. The topological polar surface area (TPSA) is 68.3 Å². The van der Waals surface area contributed by atoms with Gasteiger partial charge in [0.2, 0.25) is 0 Å². The summed E-state index contributed by atoms with van der Waals surface area (Å²) in [4.78, 5) is 0. The Hall–Kier alpha value is -0.610. The fraction of sp³-hybridized carbons (Fsp3) is 0.857. The first-order valence-corrected chi connectivity index (χ1v) is 3.69. The molecule has 1 unspecified atom stereocenters. The Morgan fingerprint density at radius 1 is 1.64 bits per heavy atom. The van der Waals surface area contributed by atoms with Gasteiger partial charge < -0.3 is 15.2 Å². The summed E-state index contributed by atoms with van der Waals surface area (Å²) in [5.74, 6) is 0.0494. The van der Waals surface area contributed by atoms with Crippen LogP contribution in [0.15, 0.2) is 0 Å². The second kappa shape index (κ2) is 6.12. The highest BCUT2D eigenvalue weighted by atomic mass is 16.5. The zero-order chi connectivity index (χ0) is 8.69. The number of ether oxygens (including phenoxy) is 2. The molecule has 0 aliphatic rings. The van der Waals surface area contributed by atoms with Crippen molar-refractivity contribution in [2.45, 2.75) is 20.0 Å². The summed E-state index contributed by atoms with van der Waals surface area (Å²) >= 11 is 0. The summed E-state index contributed by atoms with van der Waals surface area (Å²) in [7, 11) is 0. The number of rotatable bonds is 6. The fourth-order valence-corrected chi connectivity index (χ4v) is 0.564. The minimum absolute atomic E-state index is 0.0128. The van der Waals surface area contributed by atoms with E-state index in [0.717, 1.165) is 0 Å². The number of hydrogen-bond acceptors (Lipinski definition) is 3. The first-order valence-electron chi connectivity index (χ1n) is 3.69. The summed E-state index contributed by atoms with van der Waals surface area (Å²) in [5, 5.41) is 6.88. The predicted molar refractivity (Wildman–Crippen MR) is 43.8 cm³/mol. The lowest BCUT2D eigenvalue weighted by Gasteiger charge is -2.11. The third-order valence-electron chi connectivity index (χ3n) is 1.08. The van der Waals surface area contributed by atoms with Gasteiger partial charge in [0.25, 0.3) is 0 Å². The first-order chi connectivity index (χ1) is 5.16. The molecule has 66 valence electrons. The Bertz CT molecular complexity index is 117. The molecule has 0 aromatic heterocycles. The van der Waals surface area contributed by atoms with Crippen molar-refractivity contribution in [2.24, 2.45) is 5.73 Å². The normalized spacial score (nSPS) is 12.9. The van der Waals surface area contributed by atoms with Gasteiger partial charge in [-0.15, -0.1) is 0 Å². The number of nitrogens with one attached hydrogen (secondary N) is 1. The number of nitrogens with two attached hydrogens (primary N) is 1. The van der Waals surface area contributed by atoms with E-state index in [-0.39, 0.29) is 18.5 Å². The minimum Gasteiger partial charge on any atom is -0.386 e. The van der Waals surface area contributed by atoms with Crippen LogP contribution in [0.2, 0.25) is 0 Å². The van der Waals surface area contributed by atoms with E-state index in [1.165, 1.54) is 0 Å². The van der Waals surface area contributed by atoms with Gasteiger partial charge in [0, 0.05) is 6.61 Å². The van der Waals surface area contributed by atoms with Crippen LogP contribution in [0.4, 0.5) is 0 Å². The maximum atomic E-state index is 6.88. The highest BCUT2D eigenvalue weighted by molar-refractivity contribution is 5.78. The smallest absolute Gasteiger partial charge is 0.117 e. The Balaban J connectivity index is 3.22. The average Bonchev–Trinajstić information content (AvgIpc) is 1.97. The van der Waals surface area contributed by atoms with Crippen LogP contribution < -0.4 is 5.73 Å². The molecule has 4 heteroatoms. The molecule has 0 spiro atoms. The predicted octanol–water partition coefficient (Wildman–Crippen LogP) is 0.364. The SMILES string of the molecule is CCOCC(C)OCC(=N)N. The molecule has 0 aliphatic carbocycles. The van der Waals surface area contributed by atoms with Crippen molar-refractivity contribution in [2.75, 3.05) is 19.8 Å². The van der Waals surface area contributed by atoms with E-state index in [1.54, 1.807) is 0 Å². The van der Waals surface area contributed by atoms with E-state index in [0.29, 0.717) is 13.2 Å². The molecule has 0 aromatic rings. The molecule has 4 nitrogen and oxygen atoms in total. The second-order valence-corrected chi connectivity index (χ2v) is 2.31. The van der Waals surface area contributed by atoms with E-state index >= 15 is 0 Å². The highest BCUT2D eigenvalue weighted by Crippen LogP contribution is 1.90. The van der Waals surface area contributed by atoms with E-state index < -0.39 is 0 Å². The van der Waals surface area contributed by atoms with Gasteiger partial charge in [-0.1, -0.05) is 0 Å². The molecular formula is C7H16N2O2. The van der Waals surface area contributed by atoms with Gasteiger partial charge in [0.05, 0.1) is 12.7 Å². The van der Waals surface area contributed by atoms with Gasteiger partial charge in [-0.3, -0.25) is 5.41 Å². The molecule has 0 rings (SSSR count). The lowest BCUT2D eigenvalue weighted by molar-refractivity contribution is 0.0120. The lowest BCUT2D eigenvalue weighted by Crippen LogP contribution is -2.24. The van der Waals surface area contributed by atoms with Gasteiger partial charge in [-0.05, 0) is 13.8 Å². The average molecular weight is 160 g/mol. The summed E-state index contributed by atoms with van der Waals surface area (Å²) in [6.07, 6.45) is 0.0128. The lowest BCUT2D eigenvalue weighted by atomic mass is 10.4. The third kappa shape index (κ3) is 7.29. The number of amidine groups is 1. The van der Waals surface area contributed by atoms with E-state index in [2.05, 4.69) is 0 Å². The van der Waals surface area contributed by atoms with Crippen LogP contribution in [0.25, 0.3) is 0 Å². The van der Waals surface area contributed by atoms with Crippen molar-refractivity contribution in [3.05, 3.63) is 0 Å². The molecule has 11 heavy (non-hydrogen) atoms. The molecule has 0 aromatic carbocycles. The van der Waals surface area contributed by atoms with Crippen molar-refractivity contribution < 1.29 is 9.47 Å². The van der Waals surface area contributed by atoms with E-state index in [9.17, 15) is 0 Å². The molecule has 0 saturated heterocycles. The number of hydrogen-bond donors (Lipinski definition) is 2. The Labute approximate surface area is 67.2 Å². The molecule has 0 amide bonds. The van der Waals surface area contributed by atoms with Gasteiger partial charge in [-0.25, -0.2) is 0 Å². The molecule has 3 N–H and O–H groups in total. The first kappa shape index (κ1) is 10.4. The Morgan fingerprint density at radius 3 is 2.73 bits per heavy atom. The van der Waals surface area contributed by atoms with Gasteiger partial charge >= 0.3 is 0 Å². The maximum Gasteiger partial charge on any atom is 0.117 e. The van der Waals surface area contributed by atoms with Crippen LogP contribution in [0.3, 0.4) is 0 Å². The quantitative estimate of drug-likeness (QED) is 0.435. The summed E-state index contributed by atoms with van der Waals surface area (Å²) < 4.78 is 10.2. The van der Waals surface area contributed by atoms with E-state index in [1.807, 2.05) is 13.8 Å². The molecule has 0 aliphatic heterocycles. The largest absolute Gasteiger partial charge is 0.386 e. The molecule has 1 atom stereocenters. The van der Waals surface area contributed by atoms with Crippen molar-refractivity contribution in [1.29, 1.82) is 5.41 Å². The summed E-state index contributed by atoms with van der Waals surface area (Å²) in [6, 6.07) is 0. The van der Waals surface area contributed by atoms with Crippen LogP contribution >= 0.6 is 0 Å². The van der Waals surface area contributed by atoms with Crippen LogP contribution in [-0.2, 0) is 9.47 Å². The van der Waals surface area contributed by atoms with Crippen molar-refractivity contribution >= 4 is 5.84 Å². The molecule has 0 saturated carbocycles. The van der Waals surface area contributed by atoms with Crippen molar-refractivity contribution in [1.82, 2.24) is 0 Å². The van der Waals surface area contributed by atoms with Gasteiger partial charge in [-0.2, -0.15) is 0 Å². The summed E-state index contributed by atoms with van der Waals surface area (Å²) in [6.45, 7) is 5.25. The van der Waals surface area contributed by atoms with Crippen molar-refractivity contribution in [3.63, 3.8) is 0 Å². The van der Waals surface area contributed by atoms with Gasteiger partial charge in [0.1, 0.15) is 12.4 Å². The minimum atomic E-state index is 0.0128. The Kier molecular flexibility index (Phi) is 5.78. The second-order valence-electron chi connectivity index (χ2n) is 2.31.